The van der Waals surface area contributed by atoms with Gasteiger partial charge in [-0.15, -0.1) is 11.3 Å². The van der Waals surface area contributed by atoms with Crippen molar-refractivity contribution in [2.75, 3.05) is 10.6 Å². The SMILES string of the molecule is CC(=O)Nc1ccc(-c2csc(NC(=O)CC3CC4CCC(C3)N4)n2)cc1. The standard InChI is InChI=1S/C20H24N4O2S/c1-12(25)21-15-4-2-14(3-5-15)18-11-27-20(23-18)24-19(26)10-13-8-16-6-7-17(9-13)22-16/h2-5,11,13,16-17,22H,6-10H2,1H3,(H,21,25)(H,23,24,26). The van der Waals surface area contributed by atoms with Gasteiger partial charge in [0.2, 0.25) is 11.8 Å². The quantitative estimate of drug-likeness (QED) is 0.735. The van der Waals surface area contributed by atoms with Crippen LogP contribution in [0.5, 0.6) is 0 Å². The fourth-order valence-electron chi connectivity index (χ4n) is 4.17. The first kappa shape index (κ1) is 18.1. The highest BCUT2D eigenvalue weighted by molar-refractivity contribution is 7.14. The Labute approximate surface area is 162 Å². The lowest BCUT2D eigenvalue weighted by molar-refractivity contribution is -0.117. The molecule has 0 spiro atoms. The number of carbonyl (C=O) groups is 2. The number of hydrogen-bond donors (Lipinski definition) is 3. The summed E-state index contributed by atoms with van der Waals surface area (Å²) < 4.78 is 0. The highest BCUT2D eigenvalue weighted by atomic mass is 32.1. The second-order valence-corrected chi connectivity index (χ2v) is 8.38. The molecular formula is C20H24N4O2S. The summed E-state index contributed by atoms with van der Waals surface area (Å²) in [6.45, 7) is 1.48. The van der Waals surface area contributed by atoms with Gasteiger partial charge in [-0.25, -0.2) is 4.98 Å². The van der Waals surface area contributed by atoms with E-state index in [1.807, 2.05) is 29.6 Å². The van der Waals surface area contributed by atoms with Gasteiger partial charge in [-0.2, -0.15) is 0 Å². The largest absolute Gasteiger partial charge is 0.326 e. The maximum absolute atomic E-state index is 12.4. The first-order chi connectivity index (χ1) is 13.0. The molecule has 0 aliphatic carbocycles. The van der Waals surface area contributed by atoms with E-state index in [9.17, 15) is 9.59 Å². The van der Waals surface area contributed by atoms with Crippen LogP contribution in [0.15, 0.2) is 29.6 Å². The van der Waals surface area contributed by atoms with E-state index in [0.717, 1.165) is 29.8 Å². The van der Waals surface area contributed by atoms with E-state index < -0.39 is 0 Å². The summed E-state index contributed by atoms with van der Waals surface area (Å²) in [5.74, 6) is 0.441. The molecule has 3 heterocycles. The zero-order chi connectivity index (χ0) is 18.8. The molecule has 2 bridgehead atoms. The van der Waals surface area contributed by atoms with Crippen LogP contribution in [0, 0.1) is 5.92 Å². The summed E-state index contributed by atoms with van der Waals surface area (Å²) in [6, 6.07) is 8.73. The molecular weight excluding hydrogens is 360 g/mol. The normalized spacial score (nSPS) is 23.8. The fourth-order valence-corrected chi connectivity index (χ4v) is 4.90. The first-order valence-electron chi connectivity index (χ1n) is 9.44. The Morgan fingerprint density at radius 1 is 1.15 bits per heavy atom. The number of nitrogens with zero attached hydrogens (tertiary/aromatic N) is 1. The van der Waals surface area contributed by atoms with Gasteiger partial charge in [0.25, 0.3) is 0 Å². The minimum Gasteiger partial charge on any atom is -0.326 e. The van der Waals surface area contributed by atoms with Gasteiger partial charge in [0, 0.05) is 42.1 Å². The van der Waals surface area contributed by atoms with Crippen LogP contribution in [0.4, 0.5) is 10.8 Å². The third-order valence-corrected chi connectivity index (χ3v) is 6.05. The lowest BCUT2D eigenvalue weighted by Crippen LogP contribution is -2.39. The van der Waals surface area contributed by atoms with Crippen molar-refractivity contribution in [1.29, 1.82) is 0 Å². The number of piperidine rings is 1. The van der Waals surface area contributed by atoms with Crippen molar-refractivity contribution in [2.24, 2.45) is 5.92 Å². The highest BCUT2D eigenvalue weighted by Crippen LogP contribution is 2.33. The average molecular weight is 385 g/mol. The van der Waals surface area contributed by atoms with Crippen LogP contribution in [-0.2, 0) is 9.59 Å². The van der Waals surface area contributed by atoms with Gasteiger partial charge in [-0.05, 0) is 43.7 Å². The Bertz CT molecular complexity index is 821. The molecule has 2 atom stereocenters. The Morgan fingerprint density at radius 2 is 1.85 bits per heavy atom. The van der Waals surface area contributed by atoms with Crippen molar-refractivity contribution in [3.63, 3.8) is 0 Å². The molecule has 2 aliphatic rings. The van der Waals surface area contributed by atoms with Crippen molar-refractivity contribution < 1.29 is 9.59 Å². The van der Waals surface area contributed by atoms with Crippen LogP contribution in [0.2, 0.25) is 0 Å². The minimum atomic E-state index is -0.0943. The van der Waals surface area contributed by atoms with E-state index in [4.69, 9.17) is 0 Å². The molecule has 2 unspecified atom stereocenters. The Hall–Kier alpha value is -2.25. The van der Waals surface area contributed by atoms with E-state index in [1.54, 1.807) is 0 Å². The number of nitrogens with one attached hydrogen (secondary N) is 3. The van der Waals surface area contributed by atoms with Crippen molar-refractivity contribution in [2.45, 2.75) is 51.1 Å². The third kappa shape index (κ3) is 4.54. The molecule has 3 N–H and O–H groups in total. The molecule has 1 aromatic carbocycles. The smallest absolute Gasteiger partial charge is 0.226 e. The molecule has 6 nitrogen and oxygen atoms in total. The number of anilines is 2. The summed E-state index contributed by atoms with van der Waals surface area (Å²) >= 11 is 1.44. The molecule has 2 aliphatic heterocycles. The molecule has 2 saturated heterocycles. The second kappa shape index (κ2) is 7.78. The molecule has 7 heteroatoms. The molecule has 2 fully saturated rings. The van der Waals surface area contributed by atoms with Crippen LogP contribution in [-0.4, -0.2) is 28.9 Å². The summed E-state index contributed by atoms with van der Waals surface area (Å²) in [4.78, 5) is 28.0. The summed E-state index contributed by atoms with van der Waals surface area (Å²) in [5.41, 5.74) is 2.53. The van der Waals surface area contributed by atoms with Crippen LogP contribution >= 0.6 is 11.3 Å². The van der Waals surface area contributed by atoms with E-state index in [0.29, 0.717) is 29.6 Å². The fraction of sp³-hybridized carbons (Fsp3) is 0.450. The minimum absolute atomic E-state index is 0.0585. The molecule has 27 heavy (non-hydrogen) atoms. The summed E-state index contributed by atoms with van der Waals surface area (Å²) in [7, 11) is 0. The van der Waals surface area contributed by atoms with E-state index in [2.05, 4.69) is 20.9 Å². The van der Waals surface area contributed by atoms with Gasteiger partial charge < -0.3 is 16.0 Å². The van der Waals surface area contributed by atoms with Crippen LogP contribution in [0.3, 0.4) is 0 Å². The average Bonchev–Trinajstić information content (AvgIpc) is 3.21. The predicted molar refractivity (Wildman–Crippen MR) is 108 cm³/mol. The van der Waals surface area contributed by atoms with Crippen molar-refractivity contribution in [3.05, 3.63) is 29.6 Å². The third-order valence-electron chi connectivity index (χ3n) is 5.30. The highest BCUT2D eigenvalue weighted by Gasteiger charge is 2.34. The second-order valence-electron chi connectivity index (χ2n) is 7.52. The Kier molecular flexibility index (Phi) is 5.22. The maximum atomic E-state index is 12.4. The van der Waals surface area contributed by atoms with Gasteiger partial charge in [-0.3, -0.25) is 9.59 Å². The zero-order valence-electron chi connectivity index (χ0n) is 15.3. The van der Waals surface area contributed by atoms with Crippen LogP contribution < -0.4 is 16.0 Å². The maximum Gasteiger partial charge on any atom is 0.226 e. The topological polar surface area (TPSA) is 83.1 Å². The number of thiazole rings is 1. The summed E-state index contributed by atoms with van der Waals surface area (Å²) in [5, 5.41) is 11.9. The van der Waals surface area contributed by atoms with Crippen molar-refractivity contribution >= 4 is 34.0 Å². The lowest BCUT2D eigenvalue weighted by atomic mass is 9.89. The molecule has 2 aromatic rings. The van der Waals surface area contributed by atoms with E-state index in [1.165, 1.54) is 31.1 Å². The van der Waals surface area contributed by atoms with Crippen molar-refractivity contribution in [3.8, 4) is 11.3 Å². The first-order valence-corrected chi connectivity index (χ1v) is 10.3. The number of rotatable bonds is 5. The molecule has 4 rings (SSSR count). The number of amides is 2. The molecule has 142 valence electrons. The number of benzene rings is 1. The van der Waals surface area contributed by atoms with Gasteiger partial charge in [0.05, 0.1) is 5.69 Å². The number of fused-ring (bicyclic) bond motifs is 2. The van der Waals surface area contributed by atoms with E-state index in [-0.39, 0.29) is 11.8 Å². The monoisotopic (exact) mass is 384 g/mol. The van der Waals surface area contributed by atoms with Crippen LogP contribution in [0.1, 0.15) is 39.0 Å². The van der Waals surface area contributed by atoms with E-state index >= 15 is 0 Å². The predicted octanol–water partition coefficient (Wildman–Crippen LogP) is 3.63. The Morgan fingerprint density at radius 3 is 2.52 bits per heavy atom. The van der Waals surface area contributed by atoms with Crippen LogP contribution in [0.25, 0.3) is 11.3 Å². The lowest BCUT2D eigenvalue weighted by Gasteiger charge is -2.28. The Balaban J connectivity index is 1.33. The molecule has 2 amide bonds. The zero-order valence-corrected chi connectivity index (χ0v) is 16.1. The van der Waals surface area contributed by atoms with Crippen molar-refractivity contribution in [1.82, 2.24) is 10.3 Å². The van der Waals surface area contributed by atoms with Gasteiger partial charge in [0.15, 0.2) is 5.13 Å². The van der Waals surface area contributed by atoms with Gasteiger partial charge in [-0.1, -0.05) is 12.1 Å². The molecule has 0 saturated carbocycles. The molecule has 1 aromatic heterocycles. The number of aromatic nitrogens is 1. The summed E-state index contributed by atoms with van der Waals surface area (Å²) in [6.07, 6.45) is 5.29. The van der Waals surface area contributed by atoms with Gasteiger partial charge >= 0.3 is 0 Å². The number of hydrogen-bond acceptors (Lipinski definition) is 5. The van der Waals surface area contributed by atoms with Gasteiger partial charge in [0.1, 0.15) is 0 Å². The molecule has 0 radical (unpaired) electrons. The number of carbonyl (C=O) groups excluding carboxylic acids is 2.